The van der Waals surface area contributed by atoms with Crippen LogP contribution in [-0.4, -0.2) is 16.7 Å². The van der Waals surface area contributed by atoms with Crippen LogP contribution < -0.4 is 5.43 Å². The van der Waals surface area contributed by atoms with Gasteiger partial charge < -0.3 is 4.57 Å². The topological polar surface area (TPSA) is 46.4 Å². The van der Waals surface area contributed by atoms with Crippen LogP contribution in [-0.2, 0) is 6.54 Å². The highest BCUT2D eigenvalue weighted by atomic mass is 16.2. The van der Waals surface area contributed by atoms with E-state index in [1.54, 1.807) is 18.3 Å². The molecule has 0 saturated carbocycles. The minimum atomic E-state index is -0.213. The number of benzene rings is 3. The molecule has 0 unspecified atom stereocenters. The average Bonchev–Trinajstić information content (AvgIpc) is 3.01. The minimum Gasteiger partial charge on any atom is -0.341 e. The monoisotopic (exact) mass is 355 g/mol. The number of hydrazone groups is 1. The van der Waals surface area contributed by atoms with Gasteiger partial charge in [0.2, 0.25) is 0 Å². The van der Waals surface area contributed by atoms with Crippen LogP contribution in [0.15, 0.2) is 71.8 Å². The zero-order valence-electron chi connectivity index (χ0n) is 15.4. The molecule has 3 aromatic carbocycles. The predicted molar refractivity (Wildman–Crippen MR) is 111 cm³/mol. The summed E-state index contributed by atoms with van der Waals surface area (Å²) in [4.78, 5) is 12.1. The molecule has 1 heterocycles. The van der Waals surface area contributed by atoms with Crippen molar-refractivity contribution in [3.05, 3.63) is 83.4 Å². The fourth-order valence-corrected chi connectivity index (χ4v) is 3.43. The number of hydrogen-bond acceptors (Lipinski definition) is 2. The second-order valence-electron chi connectivity index (χ2n) is 6.60. The largest absolute Gasteiger partial charge is 0.341 e. The van der Waals surface area contributed by atoms with E-state index in [1.807, 2.05) is 25.1 Å². The van der Waals surface area contributed by atoms with E-state index in [2.05, 4.69) is 58.4 Å². The molecule has 0 aliphatic rings. The SMILES string of the molecule is CCn1c2ccccc2c2cc(/C=N/NC(=O)c3ccc(C)cc3)ccc21. The van der Waals surface area contributed by atoms with E-state index < -0.39 is 0 Å². The molecule has 1 aromatic heterocycles. The summed E-state index contributed by atoms with van der Waals surface area (Å²) in [7, 11) is 0. The van der Waals surface area contributed by atoms with Crippen LogP contribution in [0.3, 0.4) is 0 Å². The molecule has 0 aliphatic carbocycles. The highest BCUT2D eigenvalue weighted by Crippen LogP contribution is 2.29. The third kappa shape index (κ3) is 3.22. The van der Waals surface area contributed by atoms with E-state index in [0.29, 0.717) is 5.56 Å². The van der Waals surface area contributed by atoms with E-state index in [-0.39, 0.29) is 5.91 Å². The van der Waals surface area contributed by atoms with Gasteiger partial charge in [0.25, 0.3) is 5.91 Å². The van der Waals surface area contributed by atoms with E-state index in [0.717, 1.165) is 17.7 Å². The Labute approximate surface area is 158 Å². The molecule has 0 atom stereocenters. The molecule has 4 heteroatoms. The fraction of sp³-hybridized carbons (Fsp3) is 0.130. The molecule has 0 radical (unpaired) electrons. The van der Waals surface area contributed by atoms with Crippen LogP contribution in [0.2, 0.25) is 0 Å². The Morgan fingerprint density at radius 3 is 2.52 bits per heavy atom. The lowest BCUT2D eigenvalue weighted by Gasteiger charge is -2.03. The number of nitrogens with zero attached hydrogens (tertiary/aromatic N) is 2. The van der Waals surface area contributed by atoms with Crippen molar-refractivity contribution in [1.29, 1.82) is 0 Å². The van der Waals surface area contributed by atoms with Gasteiger partial charge in [0, 0.05) is 33.9 Å². The van der Waals surface area contributed by atoms with Gasteiger partial charge >= 0.3 is 0 Å². The van der Waals surface area contributed by atoms with Crippen LogP contribution in [0.1, 0.15) is 28.4 Å². The maximum absolute atomic E-state index is 12.1. The summed E-state index contributed by atoms with van der Waals surface area (Å²) in [5.41, 5.74) is 7.70. The molecule has 0 spiro atoms. The second-order valence-corrected chi connectivity index (χ2v) is 6.60. The summed E-state index contributed by atoms with van der Waals surface area (Å²) in [5.74, 6) is -0.213. The number of nitrogens with one attached hydrogen (secondary N) is 1. The first-order valence-corrected chi connectivity index (χ1v) is 9.08. The van der Waals surface area contributed by atoms with Crippen molar-refractivity contribution in [2.24, 2.45) is 5.10 Å². The van der Waals surface area contributed by atoms with Crippen LogP contribution >= 0.6 is 0 Å². The minimum absolute atomic E-state index is 0.213. The van der Waals surface area contributed by atoms with Gasteiger partial charge in [-0.15, -0.1) is 0 Å². The molecule has 1 amide bonds. The molecule has 4 aromatic rings. The Bertz CT molecular complexity index is 1150. The second kappa shape index (κ2) is 7.08. The third-order valence-corrected chi connectivity index (χ3v) is 4.81. The number of aryl methyl sites for hydroxylation is 2. The number of hydrogen-bond donors (Lipinski definition) is 1. The Morgan fingerprint density at radius 2 is 1.74 bits per heavy atom. The van der Waals surface area contributed by atoms with E-state index in [4.69, 9.17) is 0 Å². The predicted octanol–water partition coefficient (Wildman–Crippen LogP) is 4.89. The molecular weight excluding hydrogens is 334 g/mol. The lowest BCUT2D eigenvalue weighted by molar-refractivity contribution is 0.0955. The molecule has 27 heavy (non-hydrogen) atoms. The molecule has 1 N–H and O–H groups in total. The molecular formula is C23H21N3O. The van der Waals surface area contributed by atoms with Gasteiger partial charge in [-0.1, -0.05) is 42.0 Å². The summed E-state index contributed by atoms with van der Waals surface area (Å²) in [6.45, 7) is 5.07. The summed E-state index contributed by atoms with van der Waals surface area (Å²) in [6, 6.07) is 22.1. The van der Waals surface area contributed by atoms with Gasteiger partial charge in [0.05, 0.1) is 6.21 Å². The maximum atomic E-state index is 12.1. The summed E-state index contributed by atoms with van der Waals surface area (Å²) >= 11 is 0. The number of carbonyl (C=O) groups is 1. The van der Waals surface area contributed by atoms with Crippen molar-refractivity contribution in [3.63, 3.8) is 0 Å². The normalized spacial score (nSPS) is 11.5. The summed E-state index contributed by atoms with van der Waals surface area (Å²) in [6.07, 6.45) is 1.68. The van der Waals surface area contributed by atoms with Gasteiger partial charge in [0.1, 0.15) is 0 Å². The Balaban J connectivity index is 1.61. The number of amides is 1. The molecule has 134 valence electrons. The van der Waals surface area contributed by atoms with Gasteiger partial charge in [-0.25, -0.2) is 5.43 Å². The van der Waals surface area contributed by atoms with Crippen molar-refractivity contribution in [3.8, 4) is 0 Å². The first-order chi connectivity index (χ1) is 13.2. The van der Waals surface area contributed by atoms with Crippen LogP contribution in [0.5, 0.6) is 0 Å². The Hall–Kier alpha value is -3.40. The number of aromatic nitrogens is 1. The van der Waals surface area contributed by atoms with Gasteiger partial charge in [-0.3, -0.25) is 4.79 Å². The molecule has 0 saturated heterocycles. The number of para-hydroxylation sites is 1. The summed E-state index contributed by atoms with van der Waals surface area (Å²) < 4.78 is 2.31. The first-order valence-electron chi connectivity index (χ1n) is 9.08. The molecule has 0 aliphatic heterocycles. The highest BCUT2D eigenvalue weighted by molar-refractivity contribution is 6.09. The molecule has 0 bridgehead atoms. The van der Waals surface area contributed by atoms with Crippen LogP contribution in [0.25, 0.3) is 21.8 Å². The highest BCUT2D eigenvalue weighted by Gasteiger charge is 2.09. The smallest absolute Gasteiger partial charge is 0.271 e. The third-order valence-electron chi connectivity index (χ3n) is 4.81. The number of rotatable bonds is 4. The lowest BCUT2D eigenvalue weighted by Crippen LogP contribution is -2.17. The van der Waals surface area contributed by atoms with Crippen molar-refractivity contribution >= 4 is 33.9 Å². The van der Waals surface area contributed by atoms with E-state index in [1.165, 1.54) is 21.8 Å². The van der Waals surface area contributed by atoms with Crippen LogP contribution in [0, 0.1) is 6.92 Å². The van der Waals surface area contributed by atoms with Crippen molar-refractivity contribution in [2.75, 3.05) is 0 Å². The Kier molecular flexibility index (Phi) is 4.47. The zero-order valence-corrected chi connectivity index (χ0v) is 15.4. The molecule has 4 rings (SSSR count). The Morgan fingerprint density at radius 1 is 1.00 bits per heavy atom. The van der Waals surface area contributed by atoms with Crippen molar-refractivity contribution < 1.29 is 4.79 Å². The molecule has 0 fully saturated rings. The van der Waals surface area contributed by atoms with Crippen LogP contribution in [0.4, 0.5) is 0 Å². The van der Waals surface area contributed by atoms with Crippen molar-refractivity contribution in [1.82, 2.24) is 9.99 Å². The quantitative estimate of drug-likeness (QED) is 0.411. The average molecular weight is 355 g/mol. The fourth-order valence-electron chi connectivity index (χ4n) is 3.43. The number of fused-ring (bicyclic) bond motifs is 3. The standard InChI is InChI=1S/C23H21N3O/c1-3-26-21-7-5-4-6-19(21)20-14-17(10-13-22(20)26)15-24-25-23(27)18-11-8-16(2)9-12-18/h4-15H,3H2,1-2H3,(H,25,27)/b24-15+. The van der Waals surface area contributed by atoms with Gasteiger partial charge in [-0.05, 0) is 49.7 Å². The maximum Gasteiger partial charge on any atom is 0.271 e. The van der Waals surface area contributed by atoms with E-state index in [9.17, 15) is 4.79 Å². The summed E-state index contributed by atoms with van der Waals surface area (Å²) in [5, 5.41) is 6.55. The van der Waals surface area contributed by atoms with Gasteiger partial charge in [0.15, 0.2) is 0 Å². The zero-order chi connectivity index (χ0) is 18.8. The van der Waals surface area contributed by atoms with E-state index >= 15 is 0 Å². The van der Waals surface area contributed by atoms with Gasteiger partial charge in [-0.2, -0.15) is 5.10 Å². The lowest BCUT2D eigenvalue weighted by atomic mass is 10.1. The molecule has 4 nitrogen and oxygen atoms in total. The number of carbonyl (C=O) groups excluding carboxylic acids is 1. The first kappa shape index (κ1) is 17.0. The van der Waals surface area contributed by atoms with Crippen molar-refractivity contribution in [2.45, 2.75) is 20.4 Å².